The van der Waals surface area contributed by atoms with Gasteiger partial charge in [0.05, 0.1) is 31.6 Å². The van der Waals surface area contributed by atoms with Crippen LogP contribution < -0.4 is 17.3 Å². The Hall–Kier alpha value is -1.24. The highest BCUT2D eigenvalue weighted by Gasteiger charge is 2.50. The number of nitrogens with one attached hydrogen (secondary N) is 1. The molecule has 4 atom stereocenters. The molecule has 1 heterocycles. The fourth-order valence-corrected chi connectivity index (χ4v) is 4.37. The lowest BCUT2D eigenvalue weighted by Crippen LogP contribution is -3.18. The fourth-order valence-electron chi connectivity index (χ4n) is 4.37. The van der Waals surface area contributed by atoms with Gasteiger partial charge in [-0.25, -0.2) is 0 Å². The summed E-state index contributed by atoms with van der Waals surface area (Å²) >= 11 is 0. The maximum absolute atomic E-state index is 9.81. The number of aromatic hydroxyl groups is 1. The summed E-state index contributed by atoms with van der Waals surface area (Å²) in [5.74, 6) is 0.981. The van der Waals surface area contributed by atoms with Gasteiger partial charge in [-0.2, -0.15) is 5.26 Å². The molecule has 2 N–H and O–H groups in total. The van der Waals surface area contributed by atoms with Crippen LogP contribution >= 0.6 is 0 Å². The van der Waals surface area contributed by atoms with E-state index in [2.05, 4.69) is 26.0 Å². The van der Waals surface area contributed by atoms with Gasteiger partial charge in [0.1, 0.15) is 5.75 Å². The van der Waals surface area contributed by atoms with Crippen LogP contribution in [-0.2, 0) is 11.8 Å². The number of quaternary nitrogens is 1. The number of benzene rings is 1. The minimum Gasteiger partial charge on any atom is -1.00 e. The molecule has 2 bridgehead atoms. The lowest BCUT2D eigenvalue weighted by atomic mass is 9.59. The van der Waals surface area contributed by atoms with Gasteiger partial charge in [0.2, 0.25) is 0 Å². The molecule has 2 aliphatic rings. The van der Waals surface area contributed by atoms with Gasteiger partial charge in [-0.1, -0.05) is 19.9 Å². The van der Waals surface area contributed by atoms with E-state index in [0.29, 0.717) is 24.1 Å². The second-order valence-electron chi connectivity index (χ2n) is 6.67. The highest BCUT2D eigenvalue weighted by atomic mass is 35.5. The molecule has 114 valence electrons. The molecule has 0 aromatic heterocycles. The number of hydrogen-bond donors (Lipinski definition) is 2. The standard InChI is InChI=1S/C17H22N2O.ClH/c1-12-16-10-13-4-5-14(20)11-15(13)17(12,2)6-9-19(16)8-3-7-18;/h4-5,11-12,16,20H,3,6,8-10H2,1-2H3;1H/t12-,16+,17+;/m0./s1. The maximum Gasteiger partial charge on any atom is 0.115 e. The van der Waals surface area contributed by atoms with Crippen LogP contribution in [0.2, 0.25) is 0 Å². The number of phenolic OH excluding ortho intramolecular Hbond substituents is 1. The number of fused-ring (bicyclic) bond motifs is 4. The molecule has 1 fully saturated rings. The summed E-state index contributed by atoms with van der Waals surface area (Å²) in [6.45, 7) is 6.81. The van der Waals surface area contributed by atoms with Crippen LogP contribution in [0.15, 0.2) is 18.2 Å². The first-order valence-electron chi connectivity index (χ1n) is 7.60. The summed E-state index contributed by atoms with van der Waals surface area (Å²) in [7, 11) is 0. The SMILES string of the molecule is C[C@H]1[C@H]2Cc3ccc(O)cc3[C@]1(C)CC[NH+]2CCC#N.[Cl-]. The van der Waals surface area contributed by atoms with Crippen LogP contribution in [0.5, 0.6) is 5.75 Å². The molecule has 1 aromatic rings. The van der Waals surface area contributed by atoms with Crippen molar-refractivity contribution in [3.8, 4) is 11.8 Å². The number of piperidine rings is 1. The summed E-state index contributed by atoms with van der Waals surface area (Å²) in [6, 6.07) is 8.77. The molecule has 1 saturated heterocycles. The van der Waals surface area contributed by atoms with E-state index in [4.69, 9.17) is 5.26 Å². The zero-order valence-corrected chi connectivity index (χ0v) is 13.5. The van der Waals surface area contributed by atoms with E-state index in [0.717, 1.165) is 25.9 Å². The minimum absolute atomic E-state index is 0. The highest BCUT2D eigenvalue weighted by Crippen LogP contribution is 2.45. The Balaban J connectivity index is 0.00000161. The lowest BCUT2D eigenvalue weighted by molar-refractivity contribution is -0.936. The van der Waals surface area contributed by atoms with Crippen LogP contribution in [0.4, 0.5) is 0 Å². The highest BCUT2D eigenvalue weighted by molar-refractivity contribution is 5.43. The van der Waals surface area contributed by atoms with E-state index in [-0.39, 0.29) is 17.8 Å². The van der Waals surface area contributed by atoms with Crippen LogP contribution in [0.25, 0.3) is 0 Å². The third kappa shape index (κ3) is 2.52. The van der Waals surface area contributed by atoms with E-state index in [1.807, 2.05) is 12.1 Å². The Morgan fingerprint density at radius 1 is 1.48 bits per heavy atom. The Morgan fingerprint density at radius 3 is 2.95 bits per heavy atom. The number of nitrogens with zero attached hydrogens (tertiary/aromatic N) is 1. The Morgan fingerprint density at radius 2 is 2.24 bits per heavy atom. The fraction of sp³-hybridized carbons (Fsp3) is 0.588. The third-order valence-electron chi connectivity index (χ3n) is 5.80. The molecule has 3 rings (SSSR count). The van der Waals surface area contributed by atoms with E-state index >= 15 is 0 Å². The number of halogens is 1. The molecule has 1 aliphatic carbocycles. The van der Waals surface area contributed by atoms with E-state index in [1.165, 1.54) is 11.1 Å². The van der Waals surface area contributed by atoms with Crippen molar-refractivity contribution in [1.82, 2.24) is 0 Å². The van der Waals surface area contributed by atoms with E-state index < -0.39 is 0 Å². The smallest absolute Gasteiger partial charge is 0.115 e. The topological polar surface area (TPSA) is 48.5 Å². The number of nitriles is 1. The molecule has 0 spiro atoms. The Bertz CT molecular complexity index is 568. The van der Waals surface area contributed by atoms with Crippen LogP contribution in [0.1, 0.15) is 37.8 Å². The number of likely N-dealkylation sites (tertiary alicyclic amines) is 1. The largest absolute Gasteiger partial charge is 1.00 e. The first-order chi connectivity index (χ1) is 9.56. The predicted octanol–water partition coefficient (Wildman–Crippen LogP) is -1.58. The van der Waals surface area contributed by atoms with E-state index in [1.54, 1.807) is 4.90 Å². The Labute approximate surface area is 133 Å². The second-order valence-corrected chi connectivity index (χ2v) is 6.67. The molecule has 4 heteroatoms. The molecule has 1 aliphatic heterocycles. The number of hydrogen-bond acceptors (Lipinski definition) is 2. The summed E-state index contributed by atoms with van der Waals surface area (Å²) in [4.78, 5) is 1.59. The molecule has 0 saturated carbocycles. The first-order valence-corrected chi connectivity index (χ1v) is 7.60. The summed E-state index contributed by atoms with van der Waals surface area (Å²) in [6.07, 6.45) is 2.87. The van der Waals surface area contributed by atoms with Crippen molar-refractivity contribution in [3.63, 3.8) is 0 Å². The van der Waals surface area contributed by atoms with Crippen LogP contribution in [-0.4, -0.2) is 24.2 Å². The molecule has 0 radical (unpaired) electrons. The summed E-state index contributed by atoms with van der Waals surface area (Å²) in [5, 5.41) is 18.6. The predicted molar refractivity (Wildman–Crippen MR) is 77.7 cm³/mol. The van der Waals surface area contributed by atoms with Crippen molar-refractivity contribution in [1.29, 1.82) is 5.26 Å². The van der Waals surface area contributed by atoms with Crippen molar-refractivity contribution < 1.29 is 22.4 Å². The van der Waals surface area contributed by atoms with Crippen molar-refractivity contribution in [3.05, 3.63) is 29.3 Å². The van der Waals surface area contributed by atoms with Gasteiger partial charge in [0, 0.05) is 24.2 Å². The monoisotopic (exact) mass is 306 g/mol. The zero-order valence-electron chi connectivity index (χ0n) is 12.7. The van der Waals surface area contributed by atoms with Gasteiger partial charge < -0.3 is 22.4 Å². The summed E-state index contributed by atoms with van der Waals surface area (Å²) < 4.78 is 0. The van der Waals surface area contributed by atoms with Gasteiger partial charge >= 0.3 is 0 Å². The lowest BCUT2D eigenvalue weighted by Gasteiger charge is -2.52. The Kier molecular flexibility index (Phi) is 4.51. The van der Waals surface area contributed by atoms with Gasteiger partial charge in [0.15, 0.2) is 0 Å². The van der Waals surface area contributed by atoms with Gasteiger partial charge in [-0.05, 0) is 23.3 Å². The van der Waals surface area contributed by atoms with Crippen LogP contribution in [0.3, 0.4) is 0 Å². The zero-order chi connectivity index (χ0) is 14.3. The quantitative estimate of drug-likeness (QED) is 0.693. The minimum atomic E-state index is 0. The maximum atomic E-state index is 9.81. The van der Waals surface area contributed by atoms with Crippen LogP contribution in [0, 0.1) is 17.2 Å². The average molecular weight is 307 g/mol. The number of rotatable bonds is 2. The van der Waals surface area contributed by atoms with Crippen molar-refractivity contribution >= 4 is 0 Å². The molecular formula is C17H23ClN2O. The summed E-state index contributed by atoms with van der Waals surface area (Å²) in [5.41, 5.74) is 2.91. The normalized spacial score (nSPS) is 33.5. The van der Waals surface area contributed by atoms with Gasteiger partial charge in [-0.3, -0.25) is 0 Å². The van der Waals surface area contributed by atoms with E-state index in [9.17, 15) is 5.11 Å². The van der Waals surface area contributed by atoms with Crippen molar-refractivity contribution in [2.45, 2.75) is 44.6 Å². The van der Waals surface area contributed by atoms with Crippen molar-refractivity contribution in [2.24, 2.45) is 5.92 Å². The molecule has 21 heavy (non-hydrogen) atoms. The van der Waals surface area contributed by atoms with Crippen molar-refractivity contribution in [2.75, 3.05) is 13.1 Å². The van der Waals surface area contributed by atoms with Gasteiger partial charge in [0.25, 0.3) is 0 Å². The number of phenols is 1. The molecule has 1 unspecified atom stereocenters. The molecule has 0 amide bonds. The van der Waals surface area contributed by atoms with Gasteiger partial charge in [-0.15, -0.1) is 0 Å². The molecular weight excluding hydrogens is 284 g/mol. The third-order valence-corrected chi connectivity index (χ3v) is 5.80. The first kappa shape index (κ1) is 16.1. The average Bonchev–Trinajstić information content (AvgIpc) is 2.43. The molecule has 1 aromatic carbocycles. The molecule has 3 nitrogen and oxygen atoms in total. The second kappa shape index (κ2) is 5.87.